The molecule has 0 bridgehead atoms. The summed E-state index contributed by atoms with van der Waals surface area (Å²) in [7, 11) is 0. The zero-order chi connectivity index (χ0) is 17.0. The third-order valence-electron chi connectivity index (χ3n) is 3.78. The molecule has 0 spiro atoms. The summed E-state index contributed by atoms with van der Waals surface area (Å²) >= 11 is 6.01. The van der Waals surface area contributed by atoms with Crippen LogP contribution in [0.1, 0.15) is 17.0 Å². The van der Waals surface area contributed by atoms with E-state index < -0.39 is 11.9 Å². The predicted octanol–water partition coefficient (Wildman–Crippen LogP) is 3.12. The molecule has 0 aliphatic carbocycles. The number of carbonyl (C=O) groups is 2. The van der Waals surface area contributed by atoms with Gasteiger partial charge in [-0.3, -0.25) is 4.79 Å². The van der Waals surface area contributed by atoms with Gasteiger partial charge in [0.25, 0.3) is 0 Å². The molecule has 1 aromatic rings. The molecule has 122 valence electrons. The topological polar surface area (TPSA) is 60.9 Å². The van der Waals surface area contributed by atoms with E-state index in [0.29, 0.717) is 30.2 Å². The van der Waals surface area contributed by atoms with E-state index >= 15 is 0 Å². The first-order chi connectivity index (χ1) is 11.0. The van der Waals surface area contributed by atoms with Gasteiger partial charge in [-0.25, -0.2) is 4.79 Å². The maximum atomic E-state index is 12.7. The summed E-state index contributed by atoms with van der Waals surface area (Å²) in [5, 5.41) is 10.0. The number of benzene rings is 1. The first-order valence-corrected chi connectivity index (χ1v) is 7.62. The summed E-state index contributed by atoms with van der Waals surface area (Å²) in [4.78, 5) is 27.3. The molecule has 23 heavy (non-hydrogen) atoms. The number of carboxylic acids is 1. The second-order valence-electron chi connectivity index (χ2n) is 5.38. The Morgan fingerprint density at radius 1 is 1.35 bits per heavy atom. The highest BCUT2D eigenvalue weighted by Gasteiger charge is 2.34. The average molecular weight is 335 g/mol. The van der Waals surface area contributed by atoms with E-state index in [0.717, 1.165) is 5.56 Å². The molecule has 0 aromatic heterocycles. The number of halogens is 1. The second kappa shape index (κ2) is 7.33. The van der Waals surface area contributed by atoms with Crippen LogP contribution in [0.2, 0.25) is 5.02 Å². The maximum absolute atomic E-state index is 12.7. The van der Waals surface area contributed by atoms with Crippen LogP contribution in [0.5, 0.6) is 0 Å². The lowest BCUT2D eigenvalue weighted by molar-refractivity contribution is -0.139. The molecule has 0 fully saturated rings. The number of hydrogen-bond acceptors (Lipinski definition) is 2. The minimum atomic E-state index is -0.954. The van der Waals surface area contributed by atoms with Crippen LogP contribution in [-0.2, 0) is 11.3 Å². The number of fused-ring (bicyclic) bond motifs is 1. The van der Waals surface area contributed by atoms with Crippen molar-refractivity contribution in [1.29, 1.82) is 0 Å². The summed E-state index contributed by atoms with van der Waals surface area (Å²) in [6, 6.07) is 4.89. The number of rotatable bonds is 5. The van der Waals surface area contributed by atoms with E-state index in [2.05, 4.69) is 13.2 Å². The predicted molar refractivity (Wildman–Crippen MR) is 89.6 cm³/mol. The van der Waals surface area contributed by atoms with Gasteiger partial charge in [0.1, 0.15) is 0 Å². The van der Waals surface area contributed by atoms with Gasteiger partial charge in [0.2, 0.25) is 0 Å². The molecule has 1 N–H and O–H groups in total. The molecular formula is C17H19ClN2O3. The molecule has 0 radical (unpaired) electrons. The van der Waals surface area contributed by atoms with Crippen LogP contribution in [-0.4, -0.2) is 46.5 Å². The summed E-state index contributed by atoms with van der Waals surface area (Å²) in [6.07, 6.45) is 3.26. The Hall–Kier alpha value is -2.27. The molecule has 1 atom stereocenters. The average Bonchev–Trinajstić information content (AvgIpc) is 2.52. The number of nitrogens with zero attached hydrogens (tertiary/aromatic N) is 2. The van der Waals surface area contributed by atoms with Crippen molar-refractivity contribution < 1.29 is 14.7 Å². The Bertz CT molecular complexity index is 635. The molecule has 1 unspecified atom stereocenters. The van der Waals surface area contributed by atoms with Gasteiger partial charge in [0.05, 0.1) is 5.92 Å². The molecule has 1 aromatic carbocycles. The molecule has 5 nitrogen and oxygen atoms in total. The van der Waals surface area contributed by atoms with Gasteiger partial charge in [-0.05, 0) is 23.3 Å². The van der Waals surface area contributed by atoms with E-state index in [-0.39, 0.29) is 12.6 Å². The van der Waals surface area contributed by atoms with Crippen LogP contribution >= 0.6 is 11.6 Å². The lowest BCUT2D eigenvalue weighted by Gasteiger charge is -2.36. The summed E-state index contributed by atoms with van der Waals surface area (Å²) in [5.41, 5.74) is 1.48. The van der Waals surface area contributed by atoms with E-state index in [1.807, 2.05) is 0 Å². The lowest BCUT2D eigenvalue weighted by atomic mass is 9.90. The first kappa shape index (κ1) is 17.1. The van der Waals surface area contributed by atoms with Crippen LogP contribution in [0, 0.1) is 0 Å². The summed E-state index contributed by atoms with van der Waals surface area (Å²) < 4.78 is 0. The fourth-order valence-electron chi connectivity index (χ4n) is 2.74. The van der Waals surface area contributed by atoms with Crippen LogP contribution in [0.3, 0.4) is 0 Å². The normalized spacial score (nSPS) is 16.4. The number of hydrogen-bond donors (Lipinski definition) is 1. The number of carboxylic acid groups (broad SMARTS) is 1. The number of aliphatic carboxylic acids is 1. The van der Waals surface area contributed by atoms with Gasteiger partial charge in [0.15, 0.2) is 0 Å². The van der Waals surface area contributed by atoms with Crippen LogP contribution in [0.15, 0.2) is 43.5 Å². The fourth-order valence-corrected chi connectivity index (χ4v) is 2.93. The molecule has 1 aliphatic heterocycles. The molecule has 1 heterocycles. The van der Waals surface area contributed by atoms with Crippen LogP contribution in [0.4, 0.5) is 4.79 Å². The smallest absolute Gasteiger partial charge is 0.320 e. The Labute approximate surface area is 140 Å². The number of amides is 2. The quantitative estimate of drug-likeness (QED) is 0.842. The van der Waals surface area contributed by atoms with E-state index in [1.54, 1.807) is 35.3 Å². The molecule has 6 heteroatoms. The highest BCUT2D eigenvalue weighted by molar-refractivity contribution is 6.30. The van der Waals surface area contributed by atoms with Gasteiger partial charge in [-0.15, -0.1) is 13.2 Å². The van der Waals surface area contributed by atoms with Crippen molar-refractivity contribution in [1.82, 2.24) is 9.80 Å². The third kappa shape index (κ3) is 3.74. The zero-order valence-electron chi connectivity index (χ0n) is 12.7. The minimum absolute atomic E-state index is 0.133. The summed E-state index contributed by atoms with van der Waals surface area (Å²) in [6.45, 7) is 8.51. The summed E-state index contributed by atoms with van der Waals surface area (Å²) in [5.74, 6) is -1.71. The maximum Gasteiger partial charge on any atom is 0.320 e. The molecular weight excluding hydrogens is 316 g/mol. The molecule has 1 aliphatic rings. The zero-order valence-corrected chi connectivity index (χ0v) is 13.5. The Morgan fingerprint density at radius 2 is 2.00 bits per heavy atom. The molecule has 0 saturated carbocycles. The number of carbonyl (C=O) groups excluding carboxylic acids is 1. The standard InChI is InChI=1S/C17H19ClN2O3/c1-3-7-19(8-4-2)17(23)20-10-12-9-13(18)5-6-14(12)15(11-20)16(21)22/h3-6,9,15H,1-2,7-8,10-11H2,(H,21,22). The lowest BCUT2D eigenvalue weighted by Crippen LogP contribution is -2.47. The minimum Gasteiger partial charge on any atom is -0.481 e. The third-order valence-corrected chi connectivity index (χ3v) is 4.02. The Balaban J connectivity index is 2.31. The Morgan fingerprint density at radius 3 is 2.57 bits per heavy atom. The van der Waals surface area contributed by atoms with Crippen molar-refractivity contribution in [3.8, 4) is 0 Å². The van der Waals surface area contributed by atoms with Crippen LogP contribution < -0.4 is 0 Å². The monoisotopic (exact) mass is 334 g/mol. The molecule has 0 saturated heterocycles. The van der Waals surface area contributed by atoms with Crippen molar-refractivity contribution in [3.63, 3.8) is 0 Å². The van der Waals surface area contributed by atoms with Crippen molar-refractivity contribution in [2.24, 2.45) is 0 Å². The largest absolute Gasteiger partial charge is 0.481 e. The van der Waals surface area contributed by atoms with Gasteiger partial charge in [0, 0.05) is 31.2 Å². The van der Waals surface area contributed by atoms with Crippen LogP contribution in [0.25, 0.3) is 0 Å². The highest BCUT2D eigenvalue weighted by Crippen LogP contribution is 2.31. The number of urea groups is 1. The van der Waals surface area contributed by atoms with Gasteiger partial charge >= 0.3 is 12.0 Å². The highest BCUT2D eigenvalue weighted by atomic mass is 35.5. The molecule has 2 rings (SSSR count). The van der Waals surface area contributed by atoms with Gasteiger partial charge in [-0.1, -0.05) is 29.8 Å². The van der Waals surface area contributed by atoms with E-state index in [1.165, 1.54) is 4.90 Å². The second-order valence-corrected chi connectivity index (χ2v) is 5.82. The van der Waals surface area contributed by atoms with Crippen molar-refractivity contribution >= 4 is 23.6 Å². The van der Waals surface area contributed by atoms with Crippen molar-refractivity contribution in [2.75, 3.05) is 19.6 Å². The SMILES string of the molecule is C=CCN(CC=C)C(=O)N1Cc2cc(Cl)ccc2C(C(=O)O)C1. The first-order valence-electron chi connectivity index (χ1n) is 7.24. The van der Waals surface area contributed by atoms with Gasteiger partial charge in [-0.2, -0.15) is 0 Å². The molecule has 2 amide bonds. The van der Waals surface area contributed by atoms with Crippen molar-refractivity contribution in [3.05, 3.63) is 59.7 Å². The Kier molecular flexibility index (Phi) is 5.45. The van der Waals surface area contributed by atoms with E-state index in [9.17, 15) is 14.7 Å². The van der Waals surface area contributed by atoms with Gasteiger partial charge < -0.3 is 14.9 Å². The van der Waals surface area contributed by atoms with Crippen molar-refractivity contribution in [2.45, 2.75) is 12.5 Å². The van der Waals surface area contributed by atoms with E-state index in [4.69, 9.17) is 11.6 Å². The fraction of sp³-hybridized carbons (Fsp3) is 0.294.